The van der Waals surface area contributed by atoms with Crippen LogP contribution in [0.4, 0.5) is 0 Å². The average molecular weight is 433 g/mol. The van der Waals surface area contributed by atoms with E-state index in [1.165, 1.54) is 11.8 Å². The highest BCUT2D eigenvalue weighted by molar-refractivity contribution is 7.90. The summed E-state index contributed by atoms with van der Waals surface area (Å²) < 4.78 is 23.7. The van der Waals surface area contributed by atoms with Crippen LogP contribution in [0, 0.1) is 0 Å². The molecule has 2 atom stereocenters. The second kappa shape index (κ2) is 8.28. The fourth-order valence-electron chi connectivity index (χ4n) is 3.28. The highest BCUT2D eigenvalue weighted by Gasteiger charge is 2.18. The molecule has 146 valence electrons. The van der Waals surface area contributed by atoms with E-state index in [0.717, 1.165) is 16.7 Å². The van der Waals surface area contributed by atoms with Crippen molar-refractivity contribution in [2.24, 2.45) is 0 Å². The molecule has 28 heavy (non-hydrogen) atoms. The monoisotopic (exact) mass is 432 g/mol. The lowest BCUT2D eigenvalue weighted by atomic mass is 9.83. The third kappa shape index (κ3) is 4.60. The van der Waals surface area contributed by atoms with Crippen LogP contribution in [0.3, 0.4) is 0 Å². The maximum Gasteiger partial charge on any atom is 0.175 e. The van der Waals surface area contributed by atoms with Gasteiger partial charge in [-0.15, -0.1) is 0 Å². The normalized spacial score (nSPS) is 13.9. The summed E-state index contributed by atoms with van der Waals surface area (Å²) in [5.74, 6) is 0.489. The van der Waals surface area contributed by atoms with Crippen LogP contribution in [0.2, 0.25) is 10.0 Å². The van der Waals surface area contributed by atoms with Crippen LogP contribution in [0.1, 0.15) is 36.8 Å². The first-order valence-corrected chi connectivity index (χ1v) is 11.7. The summed E-state index contributed by atoms with van der Waals surface area (Å²) in [7, 11) is -3.24. The summed E-state index contributed by atoms with van der Waals surface area (Å²) in [5.41, 5.74) is 4.20. The third-order valence-corrected chi connectivity index (χ3v) is 7.08. The molecule has 2 nitrogen and oxygen atoms in total. The molecule has 0 fully saturated rings. The molecule has 0 aliphatic rings. The second-order valence-electron chi connectivity index (χ2n) is 7.18. The van der Waals surface area contributed by atoms with E-state index in [2.05, 4.69) is 26.0 Å². The van der Waals surface area contributed by atoms with E-state index in [0.29, 0.717) is 14.9 Å². The van der Waals surface area contributed by atoms with Crippen molar-refractivity contribution in [2.45, 2.75) is 30.6 Å². The first-order chi connectivity index (χ1) is 13.2. The number of hydrogen-bond acceptors (Lipinski definition) is 2. The van der Waals surface area contributed by atoms with Gasteiger partial charge in [-0.1, -0.05) is 79.5 Å². The zero-order chi connectivity index (χ0) is 20.5. The van der Waals surface area contributed by atoms with Gasteiger partial charge in [-0.05, 0) is 58.4 Å². The predicted molar refractivity (Wildman–Crippen MR) is 118 cm³/mol. The van der Waals surface area contributed by atoms with Crippen molar-refractivity contribution in [1.29, 1.82) is 0 Å². The molecular formula is C23H22Cl2O2S. The Morgan fingerprint density at radius 3 is 1.89 bits per heavy atom. The SMILES string of the molecule is CC(c1cccc(-c2cccc(S(C)(=O)=O)c2)c1)C(C)c1ccc(Cl)c(Cl)c1. The maximum absolute atomic E-state index is 11.9. The van der Waals surface area contributed by atoms with E-state index >= 15 is 0 Å². The molecule has 0 N–H and O–H groups in total. The zero-order valence-electron chi connectivity index (χ0n) is 16.0. The van der Waals surface area contributed by atoms with E-state index in [1.807, 2.05) is 36.4 Å². The highest BCUT2D eigenvalue weighted by Crippen LogP contribution is 2.36. The number of rotatable bonds is 5. The maximum atomic E-state index is 11.9. The molecule has 0 spiro atoms. The highest BCUT2D eigenvalue weighted by atomic mass is 35.5. The topological polar surface area (TPSA) is 34.1 Å². The van der Waals surface area contributed by atoms with E-state index in [9.17, 15) is 8.42 Å². The lowest BCUT2D eigenvalue weighted by Crippen LogP contribution is -2.05. The Morgan fingerprint density at radius 2 is 1.29 bits per heavy atom. The Labute approximate surface area is 177 Å². The first-order valence-electron chi connectivity index (χ1n) is 9.02. The molecule has 0 aliphatic heterocycles. The van der Waals surface area contributed by atoms with Crippen LogP contribution in [-0.2, 0) is 9.84 Å². The van der Waals surface area contributed by atoms with Gasteiger partial charge in [0.15, 0.2) is 9.84 Å². The molecule has 0 amide bonds. The van der Waals surface area contributed by atoms with Crippen molar-refractivity contribution in [2.75, 3.05) is 6.26 Å². The summed E-state index contributed by atoms with van der Waals surface area (Å²) in [4.78, 5) is 0.327. The van der Waals surface area contributed by atoms with Gasteiger partial charge in [0, 0.05) is 6.26 Å². The molecule has 0 saturated heterocycles. The molecule has 0 heterocycles. The van der Waals surface area contributed by atoms with Crippen molar-refractivity contribution in [3.8, 4) is 11.1 Å². The zero-order valence-corrected chi connectivity index (χ0v) is 18.3. The Morgan fingerprint density at radius 1 is 0.714 bits per heavy atom. The van der Waals surface area contributed by atoms with Gasteiger partial charge in [0.05, 0.1) is 14.9 Å². The van der Waals surface area contributed by atoms with Crippen LogP contribution in [0.25, 0.3) is 11.1 Å². The number of sulfone groups is 1. The third-order valence-electron chi connectivity index (χ3n) is 5.23. The fourth-order valence-corrected chi connectivity index (χ4v) is 4.25. The van der Waals surface area contributed by atoms with Crippen LogP contribution in [-0.4, -0.2) is 14.7 Å². The number of halogens is 2. The molecular weight excluding hydrogens is 411 g/mol. The minimum atomic E-state index is -3.24. The van der Waals surface area contributed by atoms with Gasteiger partial charge in [-0.2, -0.15) is 0 Å². The van der Waals surface area contributed by atoms with Crippen molar-refractivity contribution < 1.29 is 8.42 Å². The van der Waals surface area contributed by atoms with Crippen molar-refractivity contribution >= 4 is 33.0 Å². The molecule has 0 bridgehead atoms. The molecule has 0 saturated carbocycles. The summed E-state index contributed by atoms with van der Waals surface area (Å²) in [6.45, 7) is 4.35. The Kier molecular flexibility index (Phi) is 6.18. The molecule has 3 rings (SSSR count). The van der Waals surface area contributed by atoms with E-state index in [4.69, 9.17) is 23.2 Å². The molecule has 2 unspecified atom stereocenters. The Hall–Kier alpha value is -1.81. The van der Waals surface area contributed by atoms with Gasteiger partial charge in [0.2, 0.25) is 0 Å². The minimum absolute atomic E-state index is 0.243. The van der Waals surface area contributed by atoms with Gasteiger partial charge in [0.25, 0.3) is 0 Å². The van der Waals surface area contributed by atoms with Gasteiger partial charge < -0.3 is 0 Å². The average Bonchev–Trinajstić information content (AvgIpc) is 2.68. The smallest absolute Gasteiger partial charge is 0.175 e. The number of benzene rings is 3. The van der Waals surface area contributed by atoms with Crippen molar-refractivity contribution in [3.63, 3.8) is 0 Å². The van der Waals surface area contributed by atoms with Gasteiger partial charge in [-0.3, -0.25) is 0 Å². The van der Waals surface area contributed by atoms with Gasteiger partial charge in [0.1, 0.15) is 0 Å². The van der Waals surface area contributed by atoms with Crippen molar-refractivity contribution in [1.82, 2.24) is 0 Å². The molecule has 0 aliphatic carbocycles. The summed E-state index contributed by atoms with van der Waals surface area (Å²) in [6.07, 6.45) is 1.23. The van der Waals surface area contributed by atoms with E-state index in [1.54, 1.807) is 18.2 Å². The largest absolute Gasteiger partial charge is 0.224 e. The Balaban J connectivity index is 1.93. The van der Waals surface area contributed by atoms with E-state index in [-0.39, 0.29) is 11.8 Å². The van der Waals surface area contributed by atoms with Crippen LogP contribution in [0.15, 0.2) is 71.6 Å². The van der Waals surface area contributed by atoms with Crippen LogP contribution < -0.4 is 0 Å². The summed E-state index contributed by atoms with van der Waals surface area (Å²) in [6, 6.07) is 21.1. The fraction of sp³-hybridized carbons (Fsp3) is 0.217. The summed E-state index contributed by atoms with van der Waals surface area (Å²) in [5, 5.41) is 1.11. The number of hydrogen-bond donors (Lipinski definition) is 0. The van der Waals surface area contributed by atoms with Crippen LogP contribution >= 0.6 is 23.2 Å². The van der Waals surface area contributed by atoms with E-state index < -0.39 is 9.84 Å². The van der Waals surface area contributed by atoms with Crippen LogP contribution in [0.5, 0.6) is 0 Å². The minimum Gasteiger partial charge on any atom is -0.224 e. The molecule has 3 aromatic rings. The summed E-state index contributed by atoms with van der Waals surface area (Å²) >= 11 is 12.2. The van der Waals surface area contributed by atoms with Gasteiger partial charge >= 0.3 is 0 Å². The lowest BCUT2D eigenvalue weighted by molar-refractivity contribution is 0.602. The Bertz CT molecular complexity index is 1110. The first kappa shape index (κ1) is 20.9. The quantitative estimate of drug-likeness (QED) is 0.435. The molecule has 3 aromatic carbocycles. The molecule has 0 radical (unpaired) electrons. The molecule has 0 aromatic heterocycles. The predicted octanol–water partition coefficient (Wildman–Crippen LogP) is 6.97. The second-order valence-corrected chi connectivity index (χ2v) is 10.0. The molecule has 5 heteroatoms. The lowest BCUT2D eigenvalue weighted by Gasteiger charge is -2.22. The van der Waals surface area contributed by atoms with Crippen molar-refractivity contribution in [3.05, 3.63) is 87.9 Å². The standard InChI is InChI=1S/C23H22Cl2O2S/c1-15(16(2)18-10-11-22(24)23(25)14-18)17-6-4-7-19(12-17)20-8-5-9-21(13-20)28(3,26)27/h4-16H,1-3H3. The van der Waals surface area contributed by atoms with Gasteiger partial charge in [-0.25, -0.2) is 8.42 Å².